The van der Waals surface area contributed by atoms with Gasteiger partial charge in [0, 0.05) is 43.9 Å². The van der Waals surface area contributed by atoms with Crippen LogP contribution in [0, 0.1) is 0 Å². The molecule has 0 radical (unpaired) electrons. The largest absolute Gasteiger partial charge is 0.389 e. The molecule has 19 heavy (non-hydrogen) atoms. The fourth-order valence-corrected chi connectivity index (χ4v) is 3.06. The second kappa shape index (κ2) is 4.81. The van der Waals surface area contributed by atoms with E-state index in [-0.39, 0.29) is 5.91 Å². The van der Waals surface area contributed by atoms with Crippen LogP contribution in [0.2, 0.25) is 0 Å². The maximum absolute atomic E-state index is 11.7. The standard InChI is InChI=1S/C14H19N3O2/c1-10(18)12-3-2-6-15-14(12)16-7-8-17-11(9-16)4-5-13(17)19/h2-3,6,10-11,18H,4-5,7-9H2,1H3. The van der Waals surface area contributed by atoms with Crippen molar-refractivity contribution < 1.29 is 9.90 Å². The summed E-state index contributed by atoms with van der Waals surface area (Å²) in [6.07, 6.45) is 2.84. The second-order valence-electron chi connectivity index (χ2n) is 5.32. The smallest absolute Gasteiger partial charge is 0.223 e. The van der Waals surface area contributed by atoms with Crippen LogP contribution in [-0.2, 0) is 4.79 Å². The number of nitrogens with zero attached hydrogens (tertiary/aromatic N) is 3. The molecule has 102 valence electrons. The Bertz CT molecular complexity index is 489. The summed E-state index contributed by atoms with van der Waals surface area (Å²) in [5, 5.41) is 9.83. The molecule has 5 heteroatoms. The molecule has 0 bridgehead atoms. The summed E-state index contributed by atoms with van der Waals surface area (Å²) in [4.78, 5) is 20.3. The number of hydrogen-bond acceptors (Lipinski definition) is 4. The van der Waals surface area contributed by atoms with Crippen molar-refractivity contribution in [3.8, 4) is 0 Å². The fraction of sp³-hybridized carbons (Fsp3) is 0.571. The first-order valence-electron chi connectivity index (χ1n) is 6.84. The van der Waals surface area contributed by atoms with E-state index in [4.69, 9.17) is 0 Å². The number of anilines is 1. The van der Waals surface area contributed by atoms with Gasteiger partial charge in [0.2, 0.25) is 5.91 Å². The number of aliphatic hydroxyl groups is 1. The van der Waals surface area contributed by atoms with E-state index in [0.717, 1.165) is 37.4 Å². The molecule has 2 fully saturated rings. The molecule has 2 saturated heterocycles. The summed E-state index contributed by atoms with van der Waals surface area (Å²) < 4.78 is 0. The van der Waals surface area contributed by atoms with Gasteiger partial charge in [-0.15, -0.1) is 0 Å². The van der Waals surface area contributed by atoms with Crippen LogP contribution in [0.1, 0.15) is 31.4 Å². The highest BCUT2D eigenvalue weighted by molar-refractivity contribution is 5.79. The zero-order valence-corrected chi connectivity index (χ0v) is 11.1. The van der Waals surface area contributed by atoms with Crippen molar-refractivity contribution in [1.29, 1.82) is 0 Å². The number of piperazine rings is 1. The van der Waals surface area contributed by atoms with Crippen molar-refractivity contribution >= 4 is 11.7 Å². The number of carbonyl (C=O) groups excluding carboxylic acids is 1. The van der Waals surface area contributed by atoms with Crippen molar-refractivity contribution in [1.82, 2.24) is 9.88 Å². The molecule has 0 aliphatic carbocycles. The minimum atomic E-state index is -0.521. The fourth-order valence-electron chi connectivity index (χ4n) is 3.06. The monoisotopic (exact) mass is 261 g/mol. The van der Waals surface area contributed by atoms with Gasteiger partial charge in [0.25, 0.3) is 0 Å². The lowest BCUT2D eigenvalue weighted by Crippen LogP contribution is -2.52. The lowest BCUT2D eigenvalue weighted by molar-refractivity contribution is -0.129. The van der Waals surface area contributed by atoms with Gasteiger partial charge in [-0.1, -0.05) is 6.07 Å². The molecule has 0 saturated carbocycles. The first-order chi connectivity index (χ1) is 9.16. The highest BCUT2D eigenvalue weighted by Gasteiger charge is 2.36. The Morgan fingerprint density at radius 2 is 2.32 bits per heavy atom. The number of aromatic nitrogens is 1. The maximum Gasteiger partial charge on any atom is 0.223 e. The molecule has 5 nitrogen and oxygen atoms in total. The Morgan fingerprint density at radius 1 is 1.47 bits per heavy atom. The summed E-state index contributed by atoms with van der Waals surface area (Å²) in [5.74, 6) is 1.14. The average Bonchev–Trinajstić information content (AvgIpc) is 2.80. The molecule has 3 rings (SSSR count). The summed E-state index contributed by atoms with van der Waals surface area (Å²) in [7, 11) is 0. The second-order valence-corrected chi connectivity index (χ2v) is 5.32. The van der Waals surface area contributed by atoms with Crippen molar-refractivity contribution in [3.63, 3.8) is 0 Å². The highest BCUT2D eigenvalue weighted by atomic mass is 16.3. The van der Waals surface area contributed by atoms with Gasteiger partial charge in [-0.25, -0.2) is 4.98 Å². The van der Waals surface area contributed by atoms with E-state index >= 15 is 0 Å². The van der Waals surface area contributed by atoms with Crippen LogP contribution in [0.4, 0.5) is 5.82 Å². The van der Waals surface area contributed by atoms with E-state index in [9.17, 15) is 9.90 Å². The first kappa shape index (κ1) is 12.4. The molecule has 1 amide bonds. The third kappa shape index (κ3) is 2.18. The van der Waals surface area contributed by atoms with Gasteiger partial charge in [0.15, 0.2) is 0 Å². The van der Waals surface area contributed by atoms with Crippen LogP contribution in [0.15, 0.2) is 18.3 Å². The van der Waals surface area contributed by atoms with Crippen molar-refractivity contribution in [2.75, 3.05) is 24.5 Å². The molecule has 1 aromatic heterocycles. The van der Waals surface area contributed by atoms with E-state index in [1.54, 1.807) is 13.1 Å². The molecule has 1 aromatic rings. The van der Waals surface area contributed by atoms with Crippen LogP contribution in [-0.4, -0.2) is 46.6 Å². The summed E-state index contributed by atoms with van der Waals surface area (Å²) in [6, 6.07) is 4.07. The van der Waals surface area contributed by atoms with Crippen LogP contribution >= 0.6 is 0 Å². The van der Waals surface area contributed by atoms with Gasteiger partial charge in [0.1, 0.15) is 5.82 Å². The third-order valence-electron chi connectivity index (χ3n) is 4.06. The predicted octanol–water partition coefficient (Wildman–Crippen LogP) is 0.946. The number of pyridine rings is 1. The predicted molar refractivity (Wildman–Crippen MR) is 71.8 cm³/mol. The highest BCUT2D eigenvalue weighted by Crippen LogP contribution is 2.29. The Hall–Kier alpha value is -1.62. The molecule has 2 unspecified atom stereocenters. The molecule has 0 spiro atoms. The first-order valence-corrected chi connectivity index (χ1v) is 6.84. The zero-order chi connectivity index (χ0) is 13.4. The van der Waals surface area contributed by atoms with Crippen molar-refractivity contribution in [3.05, 3.63) is 23.9 Å². The summed E-state index contributed by atoms with van der Waals surface area (Å²) in [6.45, 7) is 4.14. The van der Waals surface area contributed by atoms with E-state index in [1.807, 2.05) is 17.0 Å². The van der Waals surface area contributed by atoms with Gasteiger partial charge >= 0.3 is 0 Å². The maximum atomic E-state index is 11.7. The van der Waals surface area contributed by atoms with Crippen LogP contribution in [0.25, 0.3) is 0 Å². The number of amides is 1. The number of aliphatic hydroxyl groups excluding tert-OH is 1. The van der Waals surface area contributed by atoms with E-state index in [0.29, 0.717) is 12.5 Å². The van der Waals surface area contributed by atoms with E-state index in [1.165, 1.54) is 0 Å². The summed E-state index contributed by atoms with van der Waals surface area (Å²) >= 11 is 0. The van der Waals surface area contributed by atoms with Gasteiger partial charge in [-0.2, -0.15) is 0 Å². The van der Waals surface area contributed by atoms with Crippen LogP contribution < -0.4 is 4.90 Å². The zero-order valence-electron chi connectivity index (χ0n) is 11.1. The Labute approximate surface area is 112 Å². The molecule has 2 atom stereocenters. The van der Waals surface area contributed by atoms with Crippen LogP contribution in [0.3, 0.4) is 0 Å². The molecule has 0 aromatic carbocycles. The summed E-state index contributed by atoms with van der Waals surface area (Å²) in [5.41, 5.74) is 0.861. The van der Waals surface area contributed by atoms with Crippen molar-refractivity contribution in [2.45, 2.75) is 31.9 Å². The number of rotatable bonds is 2. The normalized spacial score (nSPS) is 24.5. The van der Waals surface area contributed by atoms with Gasteiger partial charge in [-0.05, 0) is 19.4 Å². The van der Waals surface area contributed by atoms with Crippen molar-refractivity contribution in [2.24, 2.45) is 0 Å². The Balaban J connectivity index is 1.83. The van der Waals surface area contributed by atoms with E-state index in [2.05, 4.69) is 9.88 Å². The molecular weight excluding hydrogens is 242 g/mol. The topological polar surface area (TPSA) is 56.7 Å². The minimum Gasteiger partial charge on any atom is -0.389 e. The Kier molecular flexibility index (Phi) is 3.14. The van der Waals surface area contributed by atoms with E-state index < -0.39 is 6.10 Å². The molecule has 1 N–H and O–H groups in total. The van der Waals surface area contributed by atoms with Gasteiger partial charge in [0.05, 0.1) is 6.10 Å². The quantitative estimate of drug-likeness (QED) is 0.861. The minimum absolute atomic E-state index is 0.279. The Morgan fingerprint density at radius 3 is 3.11 bits per heavy atom. The third-order valence-corrected chi connectivity index (χ3v) is 4.06. The SMILES string of the molecule is CC(O)c1cccnc1N1CCN2C(=O)CCC2C1. The molecule has 2 aliphatic heterocycles. The van der Waals surface area contributed by atoms with Crippen LogP contribution in [0.5, 0.6) is 0 Å². The lowest BCUT2D eigenvalue weighted by atomic mass is 10.1. The number of fused-ring (bicyclic) bond motifs is 1. The molecular formula is C14H19N3O2. The van der Waals surface area contributed by atoms with Gasteiger partial charge < -0.3 is 14.9 Å². The van der Waals surface area contributed by atoms with Gasteiger partial charge in [-0.3, -0.25) is 4.79 Å². The molecule has 2 aliphatic rings. The molecule has 3 heterocycles. The lowest BCUT2D eigenvalue weighted by Gasteiger charge is -2.39. The number of carbonyl (C=O) groups is 1. The average molecular weight is 261 g/mol. The number of hydrogen-bond donors (Lipinski definition) is 1.